The fourth-order valence-corrected chi connectivity index (χ4v) is 15.1. The average Bonchev–Trinajstić information content (AvgIpc) is 1.61. The standard InChI is InChI=1S/C104H144N10O36/c1-63(2)95(103(147)148)111-99(143)85(13-7-9-57-105-89(137)61-83(133)51-49-81(131)47-45-79(129)43-41-77(127)39-37-75(125)35-33-73(123)31-29-71(121)27-25-69(119)23-21-67(117)19-17-65(5)115)109-87(135)15-11-59-107-101(145)97(113-91(139)53-54-92(113)140)98(114-93(141)55-56-94(114)142)102(146)108-60-12-16-88(136)110-86(100(144)112-96(64(3)4)104(149)150)14-8-10-58-106-90(138)62-84(134)52-50-82(132)48-46-80(130)44-42-78(128)40-38-76(126)36-34-74(124)32-30-72(122)28-26-70(120)24-22-68(118)20-18-66(6)116/h53-56,63-64,85-86,95-98H,7-52,57-62H2,1-6H3,(H,105,137)(H,106,138)(H,107,145)(H,108,146)(H,109,135)(H,110,136)(H,111,143)(H,112,144)(H,147,148)(H,149,150)/t85-,86-,95-,96-,97-,98-/m0/s1. The number of carboxylic acid groups (broad SMARTS) is 2. The van der Waals surface area contributed by atoms with Crippen LogP contribution in [0.4, 0.5) is 0 Å². The number of amides is 12. The third kappa shape index (κ3) is 59.2. The van der Waals surface area contributed by atoms with Crippen LogP contribution < -0.4 is 42.5 Å². The zero-order valence-electron chi connectivity index (χ0n) is 86.4. The highest BCUT2D eigenvalue weighted by molar-refractivity contribution is 6.19. The lowest BCUT2D eigenvalue weighted by atomic mass is 9.99. The molecule has 2 aliphatic heterocycles. The van der Waals surface area contributed by atoms with Crippen LogP contribution >= 0.6 is 0 Å². The predicted octanol–water partition coefficient (Wildman–Crippen LogP) is 3.61. The van der Waals surface area contributed by atoms with Crippen molar-refractivity contribution in [1.29, 1.82) is 0 Å². The van der Waals surface area contributed by atoms with Crippen LogP contribution in [0, 0.1) is 11.8 Å². The molecule has 6 atom stereocenters. The van der Waals surface area contributed by atoms with Gasteiger partial charge >= 0.3 is 11.9 Å². The summed E-state index contributed by atoms with van der Waals surface area (Å²) >= 11 is 0. The van der Waals surface area contributed by atoms with E-state index in [4.69, 9.17) is 0 Å². The molecule has 46 heteroatoms. The molecule has 0 aromatic heterocycles. The lowest BCUT2D eigenvalue weighted by molar-refractivity contribution is -0.156. The molecule has 46 nitrogen and oxygen atoms in total. The average molecular weight is 2110 g/mol. The van der Waals surface area contributed by atoms with Gasteiger partial charge in [-0.3, -0.25) is 154 Å². The fourth-order valence-electron chi connectivity index (χ4n) is 15.1. The van der Waals surface area contributed by atoms with Gasteiger partial charge in [0, 0.05) is 294 Å². The van der Waals surface area contributed by atoms with Crippen LogP contribution in [0.5, 0.6) is 0 Å². The van der Waals surface area contributed by atoms with E-state index in [1.54, 1.807) is 0 Å². The van der Waals surface area contributed by atoms with Gasteiger partial charge in [0.15, 0.2) is 0 Å². The largest absolute Gasteiger partial charge is 0.480 e. The van der Waals surface area contributed by atoms with Crippen LogP contribution in [-0.4, -0.2) is 281 Å². The Morgan fingerprint density at radius 1 is 0.227 bits per heavy atom. The van der Waals surface area contributed by atoms with Crippen molar-refractivity contribution in [2.45, 2.75) is 386 Å². The molecular formula is C104H144N10O36. The summed E-state index contributed by atoms with van der Waals surface area (Å²) < 4.78 is 0. The van der Waals surface area contributed by atoms with E-state index in [2.05, 4.69) is 42.5 Å². The van der Waals surface area contributed by atoms with Crippen LogP contribution in [0.15, 0.2) is 24.3 Å². The highest BCUT2D eigenvalue weighted by Crippen LogP contribution is 2.24. The molecule has 826 valence electrons. The summed E-state index contributed by atoms with van der Waals surface area (Å²) in [6.07, 6.45) is -5.19. The van der Waals surface area contributed by atoms with Gasteiger partial charge in [-0.25, -0.2) is 9.59 Å². The van der Waals surface area contributed by atoms with Gasteiger partial charge < -0.3 is 62.3 Å². The number of hydrogen-bond donors (Lipinski definition) is 10. The summed E-state index contributed by atoms with van der Waals surface area (Å²) in [5.41, 5.74) is 0. The Morgan fingerprint density at radius 2 is 0.413 bits per heavy atom. The van der Waals surface area contributed by atoms with Crippen molar-refractivity contribution in [3.05, 3.63) is 24.3 Å². The molecule has 0 unspecified atom stereocenters. The first-order chi connectivity index (χ1) is 70.7. The summed E-state index contributed by atoms with van der Waals surface area (Å²) in [5.74, 6) is -23.8. The summed E-state index contributed by atoms with van der Waals surface area (Å²) in [7, 11) is 0. The SMILES string of the molecule is CC(=O)CCC(=O)CCC(=O)CCC(=O)CCC(=O)CCC(=O)CCC(=O)CCC(=O)CCC(=O)CCC(=O)CC(=O)NCCCC[C@H](NC(=O)CCCNC(=O)[C@H]([C@@H](C(=O)NCCCC(=O)N[C@@H](CCCCNC(=O)CC(=O)CCC(=O)CCC(=O)CCC(=O)CCC(=O)CCC(=O)CCC(=O)CCC(=O)CCC(=O)CCC(C)=O)C(=O)N[C@H](C(=O)O)C(C)C)N1C(=O)C=CC1=O)N1C(=O)C=CC1=O)C(=O)N[C@H](C(=O)O)C(C)C. The van der Waals surface area contributed by atoms with Gasteiger partial charge in [0.1, 0.15) is 152 Å². The number of rotatable bonds is 91. The quantitative estimate of drug-likeness (QED) is 0.0236. The first-order valence-corrected chi connectivity index (χ1v) is 50.9. The first kappa shape index (κ1) is 132. The molecule has 0 spiro atoms. The molecule has 2 rings (SSSR count). The molecule has 2 heterocycles. The van der Waals surface area contributed by atoms with Crippen molar-refractivity contribution < 1.29 is 173 Å². The van der Waals surface area contributed by atoms with E-state index < -0.39 is 216 Å². The number of carboxylic acids is 2. The topological polar surface area (TPSA) is 724 Å². The second kappa shape index (κ2) is 73.1. The highest BCUT2D eigenvalue weighted by atomic mass is 16.4. The van der Waals surface area contributed by atoms with E-state index in [0.29, 0.717) is 9.80 Å². The lowest BCUT2D eigenvalue weighted by Crippen LogP contribution is -2.66. The van der Waals surface area contributed by atoms with Gasteiger partial charge in [-0.05, 0) is 77.0 Å². The van der Waals surface area contributed by atoms with Gasteiger partial charge in [-0.2, -0.15) is 0 Å². The van der Waals surface area contributed by atoms with Crippen molar-refractivity contribution in [2.24, 2.45) is 11.8 Å². The van der Waals surface area contributed by atoms with Crippen molar-refractivity contribution in [3.63, 3.8) is 0 Å². The molecule has 10 N–H and O–H groups in total. The molecule has 12 amide bonds. The van der Waals surface area contributed by atoms with E-state index in [9.17, 15) is 173 Å². The number of carbonyl (C=O) groups excluding carboxylic acids is 32. The van der Waals surface area contributed by atoms with Crippen molar-refractivity contribution in [2.75, 3.05) is 26.2 Å². The summed E-state index contributed by atoms with van der Waals surface area (Å²) in [6.45, 7) is 7.61. The minimum Gasteiger partial charge on any atom is -0.480 e. The van der Waals surface area contributed by atoms with Crippen LogP contribution in [0.25, 0.3) is 0 Å². The van der Waals surface area contributed by atoms with Gasteiger partial charge in [0.25, 0.3) is 23.6 Å². The van der Waals surface area contributed by atoms with Crippen LogP contribution in [0.1, 0.15) is 350 Å². The van der Waals surface area contributed by atoms with E-state index in [1.165, 1.54) is 41.5 Å². The van der Waals surface area contributed by atoms with Crippen LogP contribution in [0.3, 0.4) is 0 Å². The fraction of sp³-hybridized carbons (Fsp3) is 0.635. The zero-order valence-corrected chi connectivity index (χ0v) is 86.4. The van der Waals surface area contributed by atoms with Gasteiger partial charge in [-0.15, -0.1) is 0 Å². The lowest BCUT2D eigenvalue weighted by Gasteiger charge is -2.35. The molecule has 2 aliphatic rings. The third-order valence-electron chi connectivity index (χ3n) is 24.2. The number of Topliss-reactive ketones (excluding diaryl/α,β-unsaturated/α-hetero) is 20. The minimum atomic E-state index is -2.32. The summed E-state index contributed by atoms with van der Waals surface area (Å²) in [6, 6.07) is -10.3. The normalized spacial score (nSPS) is 13.2. The first-order valence-electron chi connectivity index (χ1n) is 50.9. The van der Waals surface area contributed by atoms with Crippen molar-refractivity contribution in [1.82, 2.24) is 52.3 Å². The molecule has 0 radical (unpaired) electrons. The molecule has 150 heavy (non-hydrogen) atoms. The molecule has 0 aliphatic carbocycles. The van der Waals surface area contributed by atoms with Gasteiger partial charge in [-0.1, -0.05) is 27.7 Å². The van der Waals surface area contributed by atoms with E-state index in [1.807, 2.05) is 0 Å². The maximum atomic E-state index is 14.4. The molecule has 0 bridgehead atoms. The molecule has 0 aromatic rings. The Bertz CT molecular complexity index is 4690. The Morgan fingerprint density at radius 3 is 0.600 bits per heavy atom. The third-order valence-corrected chi connectivity index (χ3v) is 24.2. The summed E-state index contributed by atoms with van der Waals surface area (Å²) in [5, 5.41) is 39.3. The highest BCUT2D eigenvalue weighted by Gasteiger charge is 2.51. The van der Waals surface area contributed by atoms with Gasteiger partial charge in [0.05, 0.1) is 12.8 Å². The number of nitrogens with one attached hydrogen (secondary N) is 8. The number of hydrogen-bond acceptors (Lipinski definition) is 34. The maximum Gasteiger partial charge on any atom is 0.326 e. The number of nitrogens with zero attached hydrogens (tertiary/aromatic N) is 2. The Hall–Kier alpha value is -14.1. The second-order valence-corrected chi connectivity index (χ2v) is 38.0. The van der Waals surface area contributed by atoms with Crippen LogP contribution in [0.2, 0.25) is 0 Å². The maximum absolute atomic E-state index is 14.4. The van der Waals surface area contributed by atoms with E-state index in [0.717, 1.165) is 24.3 Å². The second-order valence-electron chi connectivity index (χ2n) is 38.0. The number of aliphatic carboxylic acids is 2. The Kier molecular flexibility index (Phi) is 64.3. The van der Waals surface area contributed by atoms with E-state index in [-0.39, 0.29) is 365 Å². The molecule has 0 aromatic carbocycles. The number of imide groups is 2. The number of carbonyl (C=O) groups is 34. The molecule has 0 fully saturated rings. The molecule has 0 saturated carbocycles. The minimum absolute atomic E-state index is 0.0273. The predicted molar refractivity (Wildman–Crippen MR) is 527 cm³/mol. The van der Waals surface area contributed by atoms with Crippen molar-refractivity contribution >= 4 is 198 Å². The monoisotopic (exact) mass is 2110 g/mol. The zero-order chi connectivity index (χ0) is 113. The van der Waals surface area contributed by atoms with Crippen molar-refractivity contribution in [3.8, 4) is 0 Å². The smallest absolute Gasteiger partial charge is 0.326 e. The Labute approximate surface area is 868 Å². The Balaban J connectivity index is 1.92. The number of ketones is 20. The van der Waals surface area contributed by atoms with E-state index >= 15 is 0 Å². The molecular weight excluding hydrogens is 1970 g/mol. The van der Waals surface area contributed by atoms with Crippen LogP contribution in [-0.2, 0) is 163 Å². The van der Waals surface area contributed by atoms with Gasteiger partial charge in [0.2, 0.25) is 47.3 Å². The number of unbranched alkanes of at least 4 members (excludes halogenated alkanes) is 2. The molecule has 0 saturated heterocycles. The summed E-state index contributed by atoms with van der Waals surface area (Å²) in [4.78, 5) is 432.